The molecular formula is C8H13ClFN2+. The van der Waals surface area contributed by atoms with E-state index < -0.39 is 0 Å². The number of amidine groups is 1. The molecule has 0 atom stereocenters. The van der Waals surface area contributed by atoms with Crippen LogP contribution < -0.4 is 0 Å². The van der Waals surface area contributed by atoms with Gasteiger partial charge >= 0.3 is 0 Å². The highest BCUT2D eigenvalue weighted by atomic mass is 35.5. The summed E-state index contributed by atoms with van der Waals surface area (Å²) in [5, 5.41) is 0.487. The zero-order valence-electron chi connectivity index (χ0n) is 7.35. The van der Waals surface area contributed by atoms with E-state index in [0.29, 0.717) is 16.3 Å². The quantitative estimate of drug-likeness (QED) is 0.469. The third kappa shape index (κ3) is 1.52. The first-order valence-electron chi connectivity index (χ1n) is 4.09. The van der Waals surface area contributed by atoms with Gasteiger partial charge in [-0.3, -0.25) is 4.48 Å². The second-order valence-corrected chi connectivity index (χ2v) is 3.25. The molecule has 0 unspecified atom stereocenters. The van der Waals surface area contributed by atoms with Crippen LogP contribution in [0.1, 0.15) is 13.8 Å². The first kappa shape index (κ1) is 9.68. The molecule has 0 radical (unpaired) electrons. The summed E-state index contributed by atoms with van der Waals surface area (Å²) in [6, 6.07) is 0. The Bertz CT molecular complexity index is 231. The van der Waals surface area contributed by atoms with Crippen molar-refractivity contribution in [3.63, 3.8) is 0 Å². The Balaban J connectivity index is 2.93. The molecule has 0 N–H and O–H groups in total. The number of likely N-dealkylation sites (N-methyl/N-ethyl adjacent to an activating group) is 1. The molecule has 2 nitrogen and oxygen atoms in total. The van der Waals surface area contributed by atoms with Crippen molar-refractivity contribution < 1.29 is 8.87 Å². The van der Waals surface area contributed by atoms with E-state index in [4.69, 9.17) is 11.6 Å². The summed E-state index contributed by atoms with van der Waals surface area (Å²) < 4.78 is 13.3. The molecule has 1 rings (SSSR count). The second kappa shape index (κ2) is 3.54. The molecule has 1 heterocycles. The van der Waals surface area contributed by atoms with E-state index in [1.165, 1.54) is 6.20 Å². The molecule has 0 bridgehead atoms. The summed E-state index contributed by atoms with van der Waals surface area (Å²) in [4.78, 5) is 3.82. The van der Waals surface area contributed by atoms with E-state index in [2.05, 4.69) is 4.99 Å². The molecular weight excluding hydrogens is 179 g/mol. The third-order valence-electron chi connectivity index (χ3n) is 2.37. The van der Waals surface area contributed by atoms with Gasteiger partial charge in [0.2, 0.25) is 0 Å². The summed E-state index contributed by atoms with van der Waals surface area (Å²) in [5.41, 5.74) is 0. The van der Waals surface area contributed by atoms with Gasteiger partial charge in [-0.1, -0.05) is 0 Å². The van der Waals surface area contributed by atoms with Crippen LogP contribution in [-0.2, 0) is 0 Å². The number of hydrogen-bond donors (Lipinski definition) is 0. The molecule has 0 aliphatic carbocycles. The van der Waals surface area contributed by atoms with E-state index in [0.717, 1.165) is 13.1 Å². The summed E-state index contributed by atoms with van der Waals surface area (Å²) >= 11 is 5.92. The Kier molecular flexibility index (Phi) is 2.85. The smallest absolute Gasteiger partial charge is 0.259 e. The number of rotatable bonds is 2. The lowest BCUT2D eigenvalue weighted by Gasteiger charge is -2.34. The van der Waals surface area contributed by atoms with Crippen molar-refractivity contribution in [3.05, 3.63) is 12.0 Å². The maximum absolute atomic E-state index is 12.9. The van der Waals surface area contributed by atoms with E-state index in [9.17, 15) is 4.39 Å². The number of quaternary nitrogens is 1. The van der Waals surface area contributed by atoms with Gasteiger partial charge in [0.15, 0.2) is 5.83 Å². The molecule has 0 aromatic rings. The third-order valence-corrected chi connectivity index (χ3v) is 2.82. The van der Waals surface area contributed by atoms with Gasteiger partial charge in [-0.2, -0.15) is 4.99 Å². The molecule has 0 aromatic carbocycles. The predicted octanol–water partition coefficient (Wildman–Crippen LogP) is 2.26. The highest BCUT2D eigenvalue weighted by Crippen LogP contribution is 2.20. The first-order chi connectivity index (χ1) is 5.64. The number of nitrogens with zero attached hydrogens (tertiary/aromatic N) is 2. The number of aliphatic imine (C=N–C) groups is 1. The maximum atomic E-state index is 12.9. The molecule has 0 saturated carbocycles. The van der Waals surface area contributed by atoms with Gasteiger partial charge in [0.25, 0.3) is 5.29 Å². The Labute approximate surface area is 76.9 Å². The van der Waals surface area contributed by atoms with Gasteiger partial charge in [0.05, 0.1) is 19.3 Å². The van der Waals surface area contributed by atoms with Crippen LogP contribution in [0.2, 0.25) is 0 Å². The lowest BCUT2D eigenvalue weighted by atomic mass is 10.3. The van der Waals surface area contributed by atoms with Gasteiger partial charge in [-0.05, 0) is 13.8 Å². The van der Waals surface area contributed by atoms with Crippen LogP contribution in [0.5, 0.6) is 0 Å². The Morgan fingerprint density at radius 3 is 2.58 bits per heavy atom. The van der Waals surface area contributed by atoms with Crippen LogP contribution in [0.15, 0.2) is 17.0 Å². The minimum atomic E-state index is -0.192. The lowest BCUT2D eigenvalue weighted by molar-refractivity contribution is -0.831. The van der Waals surface area contributed by atoms with Crippen molar-refractivity contribution in [2.24, 2.45) is 4.99 Å². The average Bonchev–Trinajstić information content (AvgIpc) is 2.09. The van der Waals surface area contributed by atoms with Crippen LogP contribution in [0.3, 0.4) is 0 Å². The molecule has 0 spiro atoms. The molecule has 68 valence electrons. The normalized spacial score (nSPS) is 21.7. The molecule has 1 aliphatic rings. The lowest BCUT2D eigenvalue weighted by Crippen LogP contribution is -2.52. The fraction of sp³-hybridized carbons (Fsp3) is 0.625. The van der Waals surface area contributed by atoms with Crippen LogP contribution in [-0.4, -0.2) is 29.4 Å². The summed E-state index contributed by atoms with van der Waals surface area (Å²) in [5.74, 6) is -0.192. The van der Waals surface area contributed by atoms with Crippen molar-refractivity contribution >= 4 is 16.9 Å². The van der Waals surface area contributed by atoms with Crippen molar-refractivity contribution in [1.29, 1.82) is 0 Å². The fourth-order valence-electron chi connectivity index (χ4n) is 1.35. The minimum absolute atomic E-state index is 0.192. The standard InChI is InChI=1S/C8H13ClFN2/c1-3-12(4-2)6-7(10)5-11-8(12)9/h5H,3-4,6H2,1-2H3/q+1. The van der Waals surface area contributed by atoms with Crippen molar-refractivity contribution in [1.82, 2.24) is 0 Å². The van der Waals surface area contributed by atoms with Gasteiger partial charge in [-0.25, -0.2) is 4.39 Å². The van der Waals surface area contributed by atoms with E-state index in [1.807, 2.05) is 13.8 Å². The zero-order chi connectivity index (χ0) is 9.19. The number of halogens is 2. The van der Waals surface area contributed by atoms with Gasteiger partial charge in [-0.15, -0.1) is 0 Å². The van der Waals surface area contributed by atoms with Gasteiger partial charge in [0, 0.05) is 11.6 Å². The van der Waals surface area contributed by atoms with Crippen LogP contribution in [0.4, 0.5) is 4.39 Å². The van der Waals surface area contributed by atoms with Crippen molar-refractivity contribution in [3.8, 4) is 0 Å². The summed E-state index contributed by atoms with van der Waals surface area (Å²) in [6.45, 7) is 5.87. The fourth-order valence-corrected chi connectivity index (χ4v) is 1.70. The molecule has 0 fully saturated rings. The van der Waals surface area contributed by atoms with E-state index >= 15 is 0 Å². The Hall–Kier alpha value is -0.410. The van der Waals surface area contributed by atoms with Crippen LogP contribution >= 0.6 is 11.6 Å². The summed E-state index contributed by atoms with van der Waals surface area (Å²) in [6.07, 6.45) is 1.20. The SMILES string of the molecule is CC[N+]1(CC)CC(F)=CN=C1Cl. The van der Waals surface area contributed by atoms with Crippen molar-refractivity contribution in [2.45, 2.75) is 13.8 Å². The van der Waals surface area contributed by atoms with Gasteiger partial charge < -0.3 is 0 Å². The average molecular weight is 192 g/mol. The Morgan fingerprint density at radius 2 is 2.17 bits per heavy atom. The largest absolute Gasteiger partial charge is 0.300 e. The van der Waals surface area contributed by atoms with E-state index in [1.54, 1.807) is 0 Å². The monoisotopic (exact) mass is 191 g/mol. The zero-order valence-corrected chi connectivity index (χ0v) is 8.10. The molecule has 12 heavy (non-hydrogen) atoms. The van der Waals surface area contributed by atoms with E-state index in [-0.39, 0.29) is 5.83 Å². The number of hydrogen-bond acceptors (Lipinski definition) is 1. The van der Waals surface area contributed by atoms with Crippen LogP contribution in [0.25, 0.3) is 0 Å². The predicted molar refractivity (Wildman–Crippen MR) is 48.7 cm³/mol. The summed E-state index contributed by atoms with van der Waals surface area (Å²) in [7, 11) is 0. The maximum Gasteiger partial charge on any atom is 0.300 e. The van der Waals surface area contributed by atoms with Gasteiger partial charge in [0.1, 0.15) is 6.54 Å². The molecule has 4 heteroatoms. The topological polar surface area (TPSA) is 12.4 Å². The van der Waals surface area contributed by atoms with Crippen LogP contribution in [0, 0.1) is 0 Å². The first-order valence-corrected chi connectivity index (χ1v) is 4.47. The highest BCUT2D eigenvalue weighted by molar-refractivity contribution is 6.62. The second-order valence-electron chi connectivity index (χ2n) is 2.91. The molecule has 0 amide bonds. The van der Waals surface area contributed by atoms with Crippen molar-refractivity contribution in [2.75, 3.05) is 19.6 Å². The molecule has 1 aliphatic heterocycles. The molecule has 0 saturated heterocycles. The minimum Gasteiger partial charge on any atom is -0.259 e. The Morgan fingerprint density at radius 1 is 1.58 bits per heavy atom. The molecule has 0 aromatic heterocycles. The highest BCUT2D eigenvalue weighted by Gasteiger charge is 2.33.